The molecule has 0 aliphatic heterocycles. The molecule has 0 amide bonds. The van der Waals surface area contributed by atoms with Crippen LogP contribution >= 0.6 is 0 Å². The first kappa shape index (κ1) is 12.8. The van der Waals surface area contributed by atoms with Crippen LogP contribution in [0.4, 0.5) is 5.69 Å². The molecule has 1 aromatic rings. The van der Waals surface area contributed by atoms with Crippen LogP contribution in [-0.4, -0.2) is 7.05 Å². The molecule has 0 aromatic heterocycles. The summed E-state index contributed by atoms with van der Waals surface area (Å²) in [4.78, 5) is 0. The summed E-state index contributed by atoms with van der Waals surface area (Å²) >= 11 is 0. The highest BCUT2D eigenvalue weighted by molar-refractivity contribution is 5.66. The number of rotatable bonds is 4. The van der Waals surface area contributed by atoms with Gasteiger partial charge in [-0.25, -0.2) is 0 Å². The summed E-state index contributed by atoms with van der Waals surface area (Å²) in [6.45, 7) is 8.97. The Kier molecular flexibility index (Phi) is 4.17. The summed E-state index contributed by atoms with van der Waals surface area (Å²) in [5, 5.41) is 3.13. The molecule has 0 spiro atoms. The van der Waals surface area contributed by atoms with E-state index < -0.39 is 0 Å². The Labute approximate surface area is 99.6 Å². The lowest BCUT2D eigenvalue weighted by molar-refractivity contribution is 0.463. The quantitative estimate of drug-likeness (QED) is 0.779. The fourth-order valence-electron chi connectivity index (χ4n) is 1.67. The number of hydrogen-bond acceptors (Lipinski definition) is 1. The normalized spacial score (nSPS) is 12.7. The highest BCUT2D eigenvalue weighted by Gasteiger charge is 2.11. The first-order valence-electron chi connectivity index (χ1n) is 5.96. The molecule has 88 valence electrons. The molecule has 0 saturated heterocycles. The van der Waals surface area contributed by atoms with Crippen LogP contribution in [0.15, 0.2) is 30.3 Å². The fourth-order valence-corrected chi connectivity index (χ4v) is 1.67. The summed E-state index contributed by atoms with van der Waals surface area (Å²) in [6, 6.07) is 8.57. The van der Waals surface area contributed by atoms with Crippen molar-refractivity contribution in [3.63, 3.8) is 0 Å². The molecule has 0 aliphatic carbocycles. The van der Waals surface area contributed by atoms with Crippen molar-refractivity contribution in [1.29, 1.82) is 0 Å². The third kappa shape index (κ3) is 3.41. The van der Waals surface area contributed by atoms with Gasteiger partial charge in [0.15, 0.2) is 0 Å². The predicted octanol–water partition coefficient (Wildman–Crippen LogP) is 4.57. The van der Waals surface area contributed by atoms with Gasteiger partial charge >= 0.3 is 0 Å². The van der Waals surface area contributed by atoms with E-state index in [1.807, 2.05) is 7.05 Å². The molecule has 1 rings (SSSR count). The molecular weight excluding hydrogens is 194 g/mol. The van der Waals surface area contributed by atoms with Crippen LogP contribution in [0.1, 0.15) is 39.7 Å². The maximum Gasteiger partial charge on any atom is 0.0337 e. The average Bonchev–Trinajstić information content (AvgIpc) is 2.28. The monoisotopic (exact) mass is 217 g/mol. The molecule has 0 atom stereocenters. The van der Waals surface area contributed by atoms with Crippen molar-refractivity contribution in [2.45, 2.75) is 34.1 Å². The summed E-state index contributed by atoms with van der Waals surface area (Å²) < 4.78 is 0. The van der Waals surface area contributed by atoms with Crippen LogP contribution in [0, 0.1) is 5.41 Å². The zero-order valence-corrected chi connectivity index (χ0v) is 11.1. The molecule has 0 radical (unpaired) electrons. The van der Waals surface area contributed by atoms with Crippen molar-refractivity contribution in [2.75, 3.05) is 12.4 Å². The van der Waals surface area contributed by atoms with Gasteiger partial charge < -0.3 is 5.32 Å². The van der Waals surface area contributed by atoms with Gasteiger partial charge in [0, 0.05) is 12.7 Å². The van der Waals surface area contributed by atoms with Crippen LogP contribution in [0.5, 0.6) is 0 Å². The zero-order chi connectivity index (χ0) is 12.2. The summed E-state index contributed by atoms with van der Waals surface area (Å²) in [5.41, 5.74) is 4.10. The Hall–Kier alpha value is -1.24. The fraction of sp³-hybridized carbons (Fsp3) is 0.467. The highest BCUT2D eigenvalue weighted by Crippen LogP contribution is 2.27. The van der Waals surface area contributed by atoms with Crippen LogP contribution < -0.4 is 5.32 Å². The van der Waals surface area contributed by atoms with Crippen LogP contribution in [0.3, 0.4) is 0 Å². The molecular formula is C15H23N. The van der Waals surface area contributed by atoms with E-state index in [0.29, 0.717) is 0 Å². The Morgan fingerprint density at radius 3 is 2.25 bits per heavy atom. The van der Waals surface area contributed by atoms with E-state index >= 15 is 0 Å². The molecule has 0 aliphatic rings. The lowest BCUT2D eigenvalue weighted by Gasteiger charge is -2.19. The molecule has 0 fully saturated rings. The number of nitrogens with one attached hydrogen (secondary N) is 1. The van der Waals surface area contributed by atoms with E-state index in [1.54, 1.807) is 0 Å². The summed E-state index contributed by atoms with van der Waals surface area (Å²) in [7, 11) is 1.94. The SMILES string of the molecule is CCC(C)(C)/C=C(\C)c1ccc(NC)cc1. The van der Waals surface area contributed by atoms with Crippen molar-refractivity contribution in [1.82, 2.24) is 0 Å². The maximum atomic E-state index is 3.13. The second-order valence-corrected chi connectivity index (χ2v) is 5.00. The van der Waals surface area contributed by atoms with Crippen LogP contribution in [0.2, 0.25) is 0 Å². The van der Waals surface area contributed by atoms with E-state index in [2.05, 4.69) is 63.4 Å². The predicted molar refractivity (Wildman–Crippen MR) is 73.7 cm³/mol. The molecule has 0 heterocycles. The minimum Gasteiger partial charge on any atom is -0.388 e. The summed E-state index contributed by atoms with van der Waals surface area (Å²) in [6.07, 6.45) is 3.53. The Bertz CT molecular complexity index is 358. The van der Waals surface area contributed by atoms with Gasteiger partial charge in [-0.1, -0.05) is 39.0 Å². The maximum absolute atomic E-state index is 3.13. The third-order valence-corrected chi connectivity index (χ3v) is 3.15. The molecule has 0 bridgehead atoms. The third-order valence-electron chi connectivity index (χ3n) is 3.15. The molecule has 1 heteroatoms. The van der Waals surface area contributed by atoms with Gasteiger partial charge in [0.25, 0.3) is 0 Å². The van der Waals surface area contributed by atoms with Gasteiger partial charge in [-0.2, -0.15) is 0 Å². The van der Waals surface area contributed by atoms with E-state index in [0.717, 1.165) is 5.69 Å². The van der Waals surface area contributed by atoms with Crippen molar-refractivity contribution >= 4 is 11.3 Å². The van der Waals surface area contributed by atoms with Crippen molar-refractivity contribution in [3.05, 3.63) is 35.9 Å². The number of benzene rings is 1. The molecule has 0 saturated carbocycles. The molecule has 16 heavy (non-hydrogen) atoms. The van der Waals surface area contributed by atoms with Crippen LogP contribution in [0.25, 0.3) is 5.57 Å². The van der Waals surface area contributed by atoms with Crippen molar-refractivity contribution in [2.24, 2.45) is 5.41 Å². The number of hydrogen-bond donors (Lipinski definition) is 1. The lowest BCUT2D eigenvalue weighted by atomic mass is 9.87. The Morgan fingerprint density at radius 2 is 1.81 bits per heavy atom. The van der Waals surface area contributed by atoms with Crippen LogP contribution in [-0.2, 0) is 0 Å². The van der Waals surface area contributed by atoms with Gasteiger partial charge in [-0.3, -0.25) is 0 Å². The van der Waals surface area contributed by atoms with E-state index in [-0.39, 0.29) is 5.41 Å². The van der Waals surface area contributed by atoms with Gasteiger partial charge in [-0.05, 0) is 42.0 Å². The number of allylic oxidation sites excluding steroid dienone is 2. The first-order chi connectivity index (χ1) is 7.48. The topological polar surface area (TPSA) is 12.0 Å². The highest BCUT2D eigenvalue weighted by atomic mass is 14.8. The zero-order valence-electron chi connectivity index (χ0n) is 11.1. The van der Waals surface area contributed by atoms with Gasteiger partial charge in [-0.15, -0.1) is 0 Å². The Balaban J connectivity index is 2.92. The standard InChI is InChI=1S/C15H23N/c1-6-15(3,4)11-12(2)13-7-9-14(16-5)10-8-13/h7-11,16H,6H2,1-5H3/b12-11+. The first-order valence-corrected chi connectivity index (χ1v) is 5.96. The molecule has 1 aromatic carbocycles. The van der Waals surface area contributed by atoms with Gasteiger partial charge in [0.1, 0.15) is 0 Å². The van der Waals surface area contributed by atoms with Crippen molar-refractivity contribution in [3.8, 4) is 0 Å². The smallest absolute Gasteiger partial charge is 0.0337 e. The van der Waals surface area contributed by atoms with E-state index in [9.17, 15) is 0 Å². The second kappa shape index (κ2) is 5.20. The van der Waals surface area contributed by atoms with E-state index in [1.165, 1.54) is 17.6 Å². The van der Waals surface area contributed by atoms with E-state index in [4.69, 9.17) is 0 Å². The van der Waals surface area contributed by atoms with Crippen molar-refractivity contribution < 1.29 is 0 Å². The largest absolute Gasteiger partial charge is 0.388 e. The molecule has 1 N–H and O–H groups in total. The lowest BCUT2D eigenvalue weighted by Crippen LogP contribution is -2.05. The molecule has 0 unspecified atom stereocenters. The number of anilines is 1. The summed E-state index contributed by atoms with van der Waals surface area (Å²) in [5.74, 6) is 0. The minimum atomic E-state index is 0.283. The molecule has 1 nitrogen and oxygen atoms in total. The second-order valence-electron chi connectivity index (χ2n) is 5.00. The Morgan fingerprint density at radius 1 is 1.25 bits per heavy atom. The van der Waals surface area contributed by atoms with Gasteiger partial charge in [0.2, 0.25) is 0 Å². The average molecular weight is 217 g/mol. The minimum absolute atomic E-state index is 0.283. The van der Waals surface area contributed by atoms with Gasteiger partial charge in [0.05, 0.1) is 0 Å².